The Kier molecular flexibility index (Phi) is 10.7. The van der Waals surface area contributed by atoms with Crippen molar-refractivity contribution in [2.45, 2.75) is 65.5 Å². The maximum atomic E-state index is 12.9. The lowest BCUT2D eigenvalue weighted by atomic mass is 10.1. The molecule has 0 bridgehead atoms. The van der Waals surface area contributed by atoms with Gasteiger partial charge < -0.3 is 30.0 Å². The van der Waals surface area contributed by atoms with Crippen molar-refractivity contribution in [3.8, 4) is 0 Å². The van der Waals surface area contributed by atoms with Crippen LogP contribution < -0.4 is 11.1 Å². The highest BCUT2D eigenvalue weighted by Gasteiger charge is 2.34. The van der Waals surface area contributed by atoms with Gasteiger partial charge in [0.25, 0.3) is 0 Å². The van der Waals surface area contributed by atoms with Crippen LogP contribution in [0.4, 0.5) is 4.79 Å². The molecule has 3 heterocycles. The monoisotopic (exact) mass is 605 g/mol. The second kappa shape index (κ2) is 14.5. The van der Waals surface area contributed by atoms with Crippen molar-refractivity contribution in [3.05, 3.63) is 83.4 Å². The number of rotatable bonds is 11. The number of nitrogens with one attached hydrogen (secondary N) is 1. The van der Waals surface area contributed by atoms with Gasteiger partial charge in [-0.3, -0.25) is 14.5 Å². The third-order valence-corrected chi connectivity index (χ3v) is 7.59. The quantitative estimate of drug-likeness (QED) is 0.339. The molecule has 44 heavy (non-hydrogen) atoms. The molecular weight excluding hydrogens is 562 g/mol. The standard InChI is InChI=1S/C31H39N7O5.CH4/c1-31(2,32)29(40)33-25(21-42-19-23-11-7-4-8-12-23)28-35-34-26-18-36(13-14-38(26)28)30(41)43-20-24-15-27(39)37(17-24)16-22-9-5-3-6-10-22;/h3-12,24-25H,13-21,32H2,1-2H3,(H,33,40);1H4/t24?,25-;/m1./s1. The molecule has 236 valence electrons. The molecule has 3 amide bonds. The van der Waals surface area contributed by atoms with E-state index >= 15 is 0 Å². The minimum absolute atomic E-state index is 0. The maximum Gasteiger partial charge on any atom is 0.410 e. The van der Waals surface area contributed by atoms with Crippen LogP contribution in [0.1, 0.15) is 56.5 Å². The lowest BCUT2D eigenvalue weighted by Crippen LogP contribution is -2.51. The topological polar surface area (TPSA) is 145 Å². The summed E-state index contributed by atoms with van der Waals surface area (Å²) in [5.74, 6) is 0.796. The summed E-state index contributed by atoms with van der Waals surface area (Å²) in [4.78, 5) is 41.6. The summed E-state index contributed by atoms with van der Waals surface area (Å²) >= 11 is 0. The Balaban J connectivity index is 0.00000442. The fourth-order valence-corrected chi connectivity index (χ4v) is 5.19. The Hall–Kier alpha value is -4.29. The summed E-state index contributed by atoms with van der Waals surface area (Å²) in [6.07, 6.45) is -0.0951. The Bertz CT molecular complexity index is 1410. The summed E-state index contributed by atoms with van der Waals surface area (Å²) in [5, 5.41) is 11.6. The van der Waals surface area contributed by atoms with Crippen LogP contribution in [0.15, 0.2) is 60.7 Å². The van der Waals surface area contributed by atoms with E-state index in [1.165, 1.54) is 0 Å². The van der Waals surface area contributed by atoms with Crippen LogP contribution in [0.2, 0.25) is 0 Å². The van der Waals surface area contributed by atoms with Gasteiger partial charge in [-0.15, -0.1) is 10.2 Å². The van der Waals surface area contributed by atoms with Crippen molar-refractivity contribution in [3.63, 3.8) is 0 Å². The molecule has 3 aromatic rings. The van der Waals surface area contributed by atoms with Gasteiger partial charge in [0, 0.05) is 38.5 Å². The van der Waals surface area contributed by atoms with E-state index in [-0.39, 0.29) is 44.9 Å². The fourth-order valence-electron chi connectivity index (χ4n) is 5.19. The van der Waals surface area contributed by atoms with Gasteiger partial charge in [-0.05, 0) is 25.0 Å². The molecule has 0 saturated carbocycles. The lowest BCUT2D eigenvalue weighted by molar-refractivity contribution is -0.128. The van der Waals surface area contributed by atoms with Gasteiger partial charge in [-0.25, -0.2) is 4.79 Å². The number of aromatic nitrogens is 3. The molecule has 1 aromatic heterocycles. The van der Waals surface area contributed by atoms with Gasteiger partial charge in [0.05, 0.1) is 31.9 Å². The first-order valence-electron chi connectivity index (χ1n) is 14.5. The first kappa shape index (κ1) is 32.6. The van der Waals surface area contributed by atoms with Crippen molar-refractivity contribution in [1.29, 1.82) is 0 Å². The molecule has 2 aromatic carbocycles. The zero-order valence-corrected chi connectivity index (χ0v) is 24.6. The highest BCUT2D eigenvalue weighted by molar-refractivity contribution is 5.85. The van der Waals surface area contributed by atoms with Crippen molar-refractivity contribution in [2.75, 3.05) is 26.3 Å². The average molecular weight is 606 g/mol. The van der Waals surface area contributed by atoms with E-state index in [0.29, 0.717) is 50.9 Å². The second-order valence-corrected chi connectivity index (χ2v) is 11.7. The zero-order chi connectivity index (χ0) is 30.4. The molecule has 3 N–H and O–H groups in total. The Morgan fingerprint density at radius 2 is 1.73 bits per heavy atom. The van der Waals surface area contributed by atoms with Crippen molar-refractivity contribution < 1.29 is 23.9 Å². The van der Waals surface area contributed by atoms with Crippen LogP contribution in [0, 0.1) is 5.92 Å². The Morgan fingerprint density at radius 3 is 2.41 bits per heavy atom. The van der Waals surface area contributed by atoms with Crippen LogP contribution in [-0.4, -0.2) is 74.3 Å². The molecule has 1 fully saturated rings. The number of hydrogen-bond acceptors (Lipinski definition) is 8. The molecule has 12 heteroatoms. The number of nitrogens with zero attached hydrogens (tertiary/aromatic N) is 5. The summed E-state index contributed by atoms with van der Waals surface area (Å²) in [6.45, 7) is 6.11. The summed E-state index contributed by atoms with van der Waals surface area (Å²) in [5.41, 5.74) is 7.03. The number of hydrogen-bond donors (Lipinski definition) is 2. The molecular formula is C32H43N7O5. The van der Waals surface area contributed by atoms with Crippen LogP contribution in [0.25, 0.3) is 0 Å². The number of amides is 3. The molecule has 0 aliphatic carbocycles. The normalized spacial score (nSPS) is 17.1. The Morgan fingerprint density at radius 1 is 1.05 bits per heavy atom. The van der Waals surface area contributed by atoms with Crippen LogP contribution in [0.5, 0.6) is 0 Å². The third kappa shape index (κ3) is 8.20. The van der Waals surface area contributed by atoms with Gasteiger partial charge in [-0.2, -0.15) is 0 Å². The fraction of sp³-hybridized carbons (Fsp3) is 0.469. The first-order valence-corrected chi connectivity index (χ1v) is 14.5. The van der Waals surface area contributed by atoms with Gasteiger partial charge in [0.1, 0.15) is 6.04 Å². The molecule has 1 saturated heterocycles. The number of fused-ring (bicyclic) bond motifs is 1. The van der Waals surface area contributed by atoms with Gasteiger partial charge in [0.2, 0.25) is 11.8 Å². The van der Waals surface area contributed by atoms with Crippen molar-refractivity contribution in [2.24, 2.45) is 11.7 Å². The first-order chi connectivity index (χ1) is 20.7. The van der Waals surface area contributed by atoms with Gasteiger partial charge in [-0.1, -0.05) is 68.1 Å². The van der Waals surface area contributed by atoms with Crippen molar-refractivity contribution >= 4 is 17.9 Å². The van der Waals surface area contributed by atoms with Crippen LogP contribution >= 0.6 is 0 Å². The SMILES string of the molecule is C.CC(C)(N)C(=O)N[C@H](COCc1ccccc1)c1nnc2n1CCN(C(=O)OCC1CC(=O)N(Cc3ccccc3)C1)C2. The molecule has 2 atom stereocenters. The van der Waals surface area contributed by atoms with Gasteiger partial charge >= 0.3 is 6.09 Å². The number of carbonyl (C=O) groups excluding carboxylic acids is 3. The van der Waals surface area contributed by atoms with Crippen LogP contribution in [0.3, 0.4) is 0 Å². The lowest BCUT2D eigenvalue weighted by Gasteiger charge is -2.29. The number of benzene rings is 2. The Labute approximate surface area is 258 Å². The molecule has 12 nitrogen and oxygen atoms in total. The average Bonchev–Trinajstić information content (AvgIpc) is 3.58. The largest absolute Gasteiger partial charge is 0.449 e. The highest BCUT2D eigenvalue weighted by atomic mass is 16.6. The molecule has 1 unspecified atom stereocenters. The number of likely N-dealkylation sites (tertiary alicyclic amines) is 1. The van der Waals surface area contributed by atoms with E-state index < -0.39 is 17.7 Å². The third-order valence-electron chi connectivity index (χ3n) is 7.59. The second-order valence-electron chi connectivity index (χ2n) is 11.7. The molecule has 5 rings (SSSR count). The molecule has 0 radical (unpaired) electrons. The predicted octanol–water partition coefficient (Wildman–Crippen LogP) is 3.03. The minimum atomic E-state index is -1.09. The summed E-state index contributed by atoms with van der Waals surface area (Å²) < 4.78 is 13.5. The minimum Gasteiger partial charge on any atom is -0.449 e. The molecule has 2 aliphatic heterocycles. The summed E-state index contributed by atoms with van der Waals surface area (Å²) in [7, 11) is 0. The highest BCUT2D eigenvalue weighted by Crippen LogP contribution is 2.23. The van der Waals surface area contributed by atoms with E-state index in [2.05, 4.69) is 15.5 Å². The number of carbonyl (C=O) groups is 3. The van der Waals surface area contributed by atoms with E-state index in [1.807, 2.05) is 70.1 Å². The van der Waals surface area contributed by atoms with Crippen molar-refractivity contribution in [1.82, 2.24) is 29.9 Å². The van der Waals surface area contributed by atoms with E-state index in [1.54, 1.807) is 18.7 Å². The molecule has 2 aliphatic rings. The smallest absolute Gasteiger partial charge is 0.410 e. The zero-order valence-electron chi connectivity index (χ0n) is 24.6. The van der Waals surface area contributed by atoms with E-state index in [9.17, 15) is 14.4 Å². The predicted molar refractivity (Wildman–Crippen MR) is 164 cm³/mol. The maximum absolute atomic E-state index is 12.9. The summed E-state index contributed by atoms with van der Waals surface area (Å²) in [6, 6.07) is 19.0. The van der Waals surface area contributed by atoms with E-state index in [4.69, 9.17) is 15.2 Å². The van der Waals surface area contributed by atoms with Gasteiger partial charge in [0.15, 0.2) is 11.6 Å². The van der Waals surface area contributed by atoms with E-state index in [0.717, 1.165) is 11.1 Å². The molecule has 0 spiro atoms. The number of nitrogens with two attached hydrogens (primary N) is 1. The number of ether oxygens (including phenoxy) is 2. The van der Waals surface area contributed by atoms with Crippen LogP contribution in [-0.2, 0) is 45.3 Å².